The number of nitrogens with zero attached hydrogens (tertiary/aromatic N) is 1. The van der Waals surface area contributed by atoms with E-state index in [1.807, 2.05) is 18.2 Å². The molecule has 0 atom stereocenters. The number of hydrogen-bond donors (Lipinski definition) is 1. The highest BCUT2D eigenvalue weighted by Crippen LogP contribution is 2.31. The second-order valence-electron chi connectivity index (χ2n) is 5.92. The molecule has 0 fully saturated rings. The molecule has 0 spiro atoms. The van der Waals surface area contributed by atoms with Gasteiger partial charge in [-0.2, -0.15) is 0 Å². The van der Waals surface area contributed by atoms with E-state index in [4.69, 9.17) is 27.9 Å². The molecule has 3 aromatic rings. The van der Waals surface area contributed by atoms with Crippen LogP contribution in [0.1, 0.15) is 31.3 Å². The molecular formula is C20H16Cl2N2O3S. The maximum Gasteiger partial charge on any atom is 0.253 e. The quantitative estimate of drug-likeness (QED) is 0.542. The van der Waals surface area contributed by atoms with E-state index < -0.39 is 0 Å². The number of methoxy groups -OCH3 is 1. The van der Waals surface area contributed by atoms with Gasteiger partial charge in [0.05, 0.1) is 28.3 Å². The fourth-order valence-corrected chi connectivity index (χ4v) is 4.01. The first-order chi connectivity index (χ1) is 13.4. The lowest BCUT2D eigenvalue weighted by atomic mass is 10.1. The zero-order valence-corrected chi connectivity index (χ0v) is 17.4. The van der Waals surface area contributed by atoms with Gasteiger partial charge in [0.25, 0.3) is 5.91 Å². The maximum atomic E-state index is 12.5. The fourth-order valence-electron chi connectivity index (χ4n) is 2.64. The molecule has 1 heterocycles. The smallest absolute Gasteiger partial charge is 0.253 e. The van der Waals surface area contributed by atoms with Crippen molar-refractivity contribution in [1.29, 1.82) is 0 Å². The maximum absolute atomic E-state index is 12.5. The van der Waals surface area contributed by atoms with Gasteiger partial charge in [-0.05, 0) is 43.3 Å². The van der Waals surface area contributed by atoms with Crippen LogP contribution >= 0.6 is 34.5 Å². The van der Waals surface area contributed by atoms with Crippen LogP contribution in [0.25, 0.3) is 10.6 Å². The Bertz CT molecular complexity index is 1050. The number of aldehydes is 1. The van der Waals surface area contributed by atoms with Crippen LogP contribution in [0.3, 0.4) is 0 Å². The first-order valence-corrected chi connectivity index (χ1v) is 9.83. The summed E-state index contributed by atoms with van der Waals surface area (Å²) in [4.78, 5) is 28.6. The van der Waals surface area contributed by atoms with Gasteiger partial charge in [-0.25, -0.2) is 4.98 Å². The average molecular weight is 435 g/mol. The van der Waals surface area contributed by atoms with E-state index in [2.05, 4.69) is 10.3 Å². The Balaban J connectivity index is 1.84. The predicted molar refractivity (Wildman–Crippen MR) is 112 cm³/mol. The first kappa shape index (κ1) is 20.3. The van der Waals surface area contributed by atoms with Crippen molar-refractivity contribution in [2.75, 3.05) is 7.11 Å². The standard InChI is InChI=1S/C20H16Cl2N2O3S/c1-11-18(10-25)28-20(24-11)12-3-6-17(27-2)13(7-12)9-23-19(26)15-5-4-14(21)8-16(15)22/h3-8,10H,9H2,1-2H3,(H,23,26). The Kier molecular flexibility index (Phi) is 6.34. The molecule has 0 radical (unpaired) electrons. The van der Waals surface area contributed by atoms with Crippen LogP contribution in [0.4, 0.5) is 0 Å². The third-order valence-corrected chi connectivity index (χ3v) is 5.76. The summed E-state index contributed by atoms with van der Waals surface area (Å²) in [5.41, 5.74) is 2.65. The van der Waals surface area contributed by atoms with Crippen LogP contribution < -0.4 is 10.1 Å². The van der Waals surface area contributed by atoms with Gasteiger partial charge in [0.15, 0.2) is 6.29 Å². The second kappa shape index (κ2) is 8.73. The summed E-state index contributed by atoms with van der Waals surface area (Å²) in [6.45, 7) is 2.03. The van der Waals surface area contributed by atoms with E-state index in [0.717, 1.165) is 22.4 Å². The zero-order valence-electron chi connectivity index (χ0n) is 15.1. The van der Waals surface area contributed by atoms with Gasteiger partial charge in [0.1, 0.15) is 10.8 Å². The zero-order chi connectivity index (χ0) is 20.3. The third-order valence-electron chi connectivity index (χ3n) is 4.08. The van der Waals surface area contributed by atoms with Gasteiger partial charge >= 0.3 is 0 Å². The third kappa shape index (κ3) is 4.35. The first-order valence-electron chi connectivity index (χ1n) is 8.26. The summed E-state index contributed by atoms with van der Waals surface area (Å²) in [7, 11) is 1.56. The number of hydrogen-bond acceptors (Lipinski definition) is 5. The molecule has 3 rings (SSSR count). The Hall–Kier alpha value is -2.41. The molecule has 0 aliphatic rings. The highest BCUT2D eigenvalue weighted by Gasteiger charge is 2.14. The van der Waals surface area contributed by atoms with Crippen LogP contribution in [0.5, 0.6) is 5.75 Å². The summed E-state index contributed by atoms with van der Waals surface area (Å²) in [5, 5.41) is 4.31. The van der Waals surface area contributed by atoms with Gasteiger partial charge in [-0.3, -0.25) is 9.59 Å². The SMILES string of the molecule is COc1ccc(-c2nc(C)c(C=O)s2)cc1CNC(=O)c1ccc(Cl)cc1Cl. The van der Waals surface area contributed by atoms with Crippen molar-refractivity contribution in [3.8, 4) is 16.3 Å². The molecule has 28 heavy (non-hydrogen) atoms. The number of carbonyl (C=O) groups is 2. The van der Waals surface area contributed by atoms with Crippen molar-refractivity contribution in [2.45, 2.75) is 13.5 Å². The minimum absolute atomic E-state index is 0.236. The van der Waals surface area contributed by atoms with Crippen LogP contribution in [-0.4, -0.2) is 24.3 Å². The van der Waals surface area contributed by atoms with E-state index in [9.17, 15) is 9.59 Å². The number of thiazole rings is 1. The monoisotopic (exact) mass is 434 g/mol. The Labute approximate surface area is 176 Å². The highest BCUT2D eigenvalue weighted by atomic mass is 35.5. The molecule has 0 bridgehead atoms. The minimum Gasteiger partial charge on any atom is -0.496 e. The summed E-state index contributed by atoms with van der Waals surface area (Å²) >= 11 is 13.3. The number of aryl methyl sites for hydroxylation is 1. The largest absolute Gasteiger partial charge is 0.496 e. The van der Waals surface area contributed by atoms with Crippen molar-refractivity contribution in [2.24, 2.45) is 0 Å². The van der Waals surface area contributed by atoms with Gasteiger partial charge in [-0.1, -0.05) is 23.2 Å². The van der Waals surface area contributed by atoms with Gasteiger partial charge in [0.2, 0.25) is 0 Å². The molecule has 144 valence electrons. The fraction of sp³-hybridized carbons (Fsp3) is 0.150. The van der Waals surface area contributed by atoms with Gasteiger partial charge in [0, 0.05) is 22.7 Å². The number of nitrogens with one attached hydrogen (secondary N) is 1. The van der Waals surface area contributed by atoms with Crippen molar-refractivity contribution < 1.29 is 14.3 Å². The molecule has 1 amide bonds. The van der Waals surface area contributed by atoms with E-state index in [1.54, 1.807) is 26.2 Å². The van der Waals surface area contributed by atoms with Crippen molar-refractivity contribution in [1.82, 2.24) is 10.3 Å². The lowest BCUT2D eigenvalue weighted by Gasteiger charge is -2.12. The average Bonchev–Trinajstić information content (AvgIpc) is 3.06. The van der Waals surface area contributed by atoms with E-state index >= 15 is 0 Å². The summed E-state index contributed by atoms with van der Waals surface area (Å²) < 4.78 is 5.40. The number of ether oxygens (including phenoxy) is 1. The predicted octanol–water partition coefficient (Wildman–Crippen LogP) is 5.18. The number of amides is 1. The summed E-state index contributed by atoms with van der Waals surface area (Å²) in [6, 6.07) is 10.3. The molecule has 2 aromatic carbocycles. The number of benzene rings is 2. The molecule has 0 aliphatic carbocycles. The Morgan fingerprint density at radius 3 is 2.68 bits per heavy atom. The van der Waals surface area contributed by atoms with E-state index in [1.165, 1.54) is 17.4 Å². The highest BCUT2D eigenvalue weighted by molar-refractivity contribution is 7.16. The van der Waals surface area contributed by atoms with Crippen molar-refractivity contribution in [3.63, 3.8) is 0 Å². The lowest BCUT2D eigenvalue weighted by Crippen LogP contribution is -2.23. The normalized spacial score (nSPS) is 10.6. The van der Waals surface area contributed by atoms with Gasteiger partial charge in [-0.15, -0.1) is 11.3 Å². The van der Waals surface area contributed by atoms with Crippen LogP contribution in [-0.2, 0) is 6.54 Å². The molecule has 0 unspecified atom stereocenters. The van der Waals surface area contributed by atoms with Crippen molar-refractivity contribution in [3.05, 3.63) is 68.1 Å². The number of aromatic nitrogens is 1. The molecule has 0 saturated carbocycles. The number of rotatable bonds is 6. The molecule has 1 N–H and O–H groups in total. The molecule has 1 aromatic heterocycles. The van der Waals surface area contributed by atoms with Crippen LogP contribution in [0.2, 0.25) is 10.0 Å². The molecule has 0 saturated heterocycles. The number of halogens is 2. The topological polar surface area (TPSA) is 68.3 Å². The van der Waals surface area contributed by atoms with Crippen LogP contribution in [0.15, 0.2) is 36.4 Å². The van der Waals surface area contributed by atoms with E-state index in [0.29, 0.717) is 26.9 Å². The molecule has 0 aliphatic heterocycles. The number of carbonyl (C=O) groups excluding carboxylic acids is 2. The van der Waals surface area contributed by atoms with Crippen molar-refractivity contribution >= 4 is 46.7 Å². The van der Waals surface area contributed by atoms with Crippen LogP contribution in [0, 0.1) is 6.92 Å². The van der Waals surface area contributed by atoms with Gasteiger partial charge < -0.3 is 10.1 Å². The van der Waals surface area contributed by atoms with E-state index in [-0.39, 0.29) is 17.5 Å². The molecule has 8 heteroatoms. The summed E-state index contributed by atoms with van der Waals surface area (Å²) in [6.07, 6.45) is 0.803. The Morgan fingerprint density at radius 1 is 1.25 bits per heavy atom. The second-order valence-corrected chi connectivity index (χ2v) is 7.79. The Morgan fingerprint density at radius 2 is 2.04 bits per heavy atom. The molecule has 5 nitrogen and oxygen atoms in total. The lowest BCUT2D eigenvalue weighted by molar-refractivity contribution is 0.0950. The minimum atomic E-state index is -0.317. The summed E-state index contributed by atoms with van der Waals surface area (Å²) in [5.74, 6) is 0.317. The molecular weight excluding hydrogens is 419 g/mol.